The maximum absolute atomic E-state index is 12.4. The van der Waals surface area contributed by atoms with Crippen LogP contribution in [0.25, 0.3) is 0 Å². The van der Waals surface area contributed by atoms with Crippen LogP contribution in [0.5, 0.6) is 0 Å². The molecular formula is C8H7BrF3N3O2. The van der Waals surface area contributed by atoms with E-state index >= 15 is 0 Å². The van der Waals surface area contributed by atoms with Crippen molar-refractivity contribution in [2.45, 2.75) is 19.2 Å². The molecule has 1 aromatic rings. The average Bonchev–Trinajstić information content (AvgIpc) is 2.19. The Morgan fingerprint density at radius 2 is 2.06 bits per heavy atom. The molecule has 1 atom stereocenters. The Hall–Kier alpha value is -1.38. The van der Waals surface area contributed by atoms with Crippen molar-refractivity contribution >= 4 is 28.2 Å². The number of carbonyl (C=O) groups excluding carboxylic acids is 1. The maximum atomic E-state index is 12.4. The summed E-state index contributed by atoms with van der Waals surface area (Å²) in [5.74, 6) is -0.435. The molecule has 0 amide bonds. The molecular weight excluding hydrogens is 307 g/mol. The van der Waals surface area contributed by atoms with Crippen molar-refractivity contribution in [1.29, 1.82) is 0 Å². The molecule has 1 rings (SSSR count). The predicted octanol–water partition coefficient (Wildman–Crippen LogP) is 2.07. The summed E-state index contributed by atoms with van der Waals surface area (Å²) in [5.41, 5.74) is 4.06. The highest BCUT2D eigenvalue weighted by atomic mass is 79.9. The van der Waals surface area contributed by atoms with Crippen molar-refractivity contribution in [1.82, 2.24) is 9.97 Å². The van der Waals surface area contributed by atoms with E-state index in [1.54, 1.807) is 0 Å². The van der Waals surface area contributed by atoms with Gasteiger partial charge in [-0.05, 0) is 22.9 Å². The Kier molecular flexibility index (Phi) is 3.91. The van der Waals surface area contributed by atoms with E-state index in [0.29, 0.717) is 0 Å². The molecule has 17 heavy (non-hydrogen) atoms. The minimum atomic E-state index is -4.66. The van der Waals surface area contributed by atoms with E-state index in [-0.39, 0.29) is 12.2 Å². The van der Waals surface area contributed by atoms with Gasteiger partial charge in [-0.2, -0.15) is 13.2 Å². The highest BCUT2D eigenvalue weighted by molar-refractivity contribution is 9.10. The summed E-state index contributed by atoms with van der Waals surface area (Å²) in [6, 6.07) is 0. The third-order valence-electron chi connectivity index (χ3n) is 1.82. The number of rotatable bonds is 3. The fourth-order valence-corrected chi connectivity index (χ4v) is 1.57. The van der Waals surface area contributed by atoms with Crippen LogP contribution in [0.4, 0.5) is 19.0 Å². The number of aromatic nitrogens is 2. The Morgan fingerprint density at radius 1 is 1.47 bits per heavy atom. The number of carbonyl (C=O) groups is 1. The molecule has 1 aromatic heterocycles. The second kappa shape index (κ2) is 4.86. The number of nitrogens with two attached hydrogens (primary N) is 1. The zero-order chi connectivity index (χ0) is 13.2. The number of hydrogen-bond donors (Lipinski definition) is 1. The Bertz CT molecular complexity index is 439. The van der Waals surface area contributed by atoms with E-state index in [2.05, 4.69) is 30.6 Å². The number of nitrogens with zero attached hydrogens (tertiary/aromatic N) is 2. The van der Waals surface area contributed by atoms with Crippen LogP contribution in [0.3, 0.4) is 0 Å². The fourth-order valence-electron chi connectivity index (χ4n) is 1.07. The molecule has 94 valence electrons. The summed E-state index contributed by atoms with van der Waals surface area (Å²) < 4.78 is 41.3. The van der Waals surface area contributed by atoms with Gasteiger partial charge in [-0.25, -0.2) is 9.97 Å². The number of halogens is 4. The first kappa shape index (κ1) is 13.7. The Labute approximate surface area is 102 Å². The standard InChI is InChI=1S/C8H7BrF3N3O2/c1-3(17-2-16)4-7(13)15-5(6(9)14-4)8(10,11)12/h2-3H,1H3,(H2,13,15). The Morgan fingerprint density at radius 3 is 2.53 bits per heavy atom. The topological polar surface area (TPSA) is 78.1 Å². The van der Waals surface area contributed by atoms with E-state index in [1.165, 1.54) is 6.92 Å². The monoisotopic (exact) mass is 313 g/mol. The lowest BCUT2D eigenvalue weighted by Gasteiger charge is -2.14. The lowest BCUT2D eigenvalue weighted by molar-refractivity contribution is -0.142. The van der Waals surface area contributed by atoms with Gasteiger partial charge in [0.2, 0.25) is 0 Å². The predicted molar refractivity (Wildman–Crippen MR) is 54.7 cm³/mol. The van der Waals surface area contributed by atoms with Crippen LogP contribution in [-0.4, -0.2) is 16.4 Å². The molecule has 0 aromatic carbocycles. The zero-order valence-corrected chi connectivity index (χ0v) is 10.0. The summed E-state index contributed by atoms with van der Waals surface area (Å²) in [6.45, 7) is 1.56. The summed E-state index contributed by atoms with van der Waals surface area (Å²) in [7, 11) is 0. The minimum Gasteiger partial charge on any atom is -0.458 e. The molecule has 9 heteroatoms. The van der Waals surface area contributed by atoms with E-state index in [9.17, 15) is 18.0 Å². The van der Waals surface area contributed by atoms with Gasteiger partial charge in [0.25, 0.3) is 6.47 Å². The number of alkyl halides is 3. The van der Waals surface area contributed by atoms with Gasteiger partial charge in [0.15, 0.2) is 5.69 Å². The molecule has 2 N–H and O–H groups in total. The van der Waals surface area contributed by atoms with Gasteiger partial charge in [-0.1, -0.05) is 0 Å². The second-order valence-electron chi connectivity index (χ2n) is 3.01. The fraction of sp³-hybridized carbons (Fsp3) is 0.375. The van der Waals surface area contributed by atoms with Gasteiger partial charge in [0, 0.05) is 0 Å². The van der Waals surface area contributed by atoms with Crippen LogP contribution in [0.15, 0.2) is 4.60 Å². The zero-order valence-electron chi connectivity index (χ0n) is 8.45. The normalized spacial score (nSPS) is 13.2. The molecule has 0 aliphatic heterocycles. The van der Waals surface area contributed by atoms with E-state index in [4.69, 9.17) is 5.73 Å². The van der Waals surface area contributed by atoms with Crippen LogP contribution in [0, 0.1) is 0 Å². The van der Waals surface area contributed by atoms with Crippen LogP contribution in [-0.2, 0) is 15.7 Å². The van der Waals surface area contributed by atoms with Crippen molar-refractivity contribution in [3.8, 4) is 0 Å². The molecule has 5 nitrogen and oxygen atoms in total. The molecule has 0 aliphatic rings. The van der Waals surface area contributed by atoms with Crippen molar-refractivity contribution < 1.29 is 22.7 Å². The van der Waals surface area contributed by atoms with E-state index < -0.39 is 28.4 Å². The SMILES string of the molecule is CC(OC=O)c1nc(Br)c(C(F)(F)F)nc1N. The first-order valence-electron chi connectivity index (χ1n) is 4.26. The van der Waals surface area contributed by atoms with Gasteiger partial charge < -0.3 is 10.5 Å². The van der Waals surface area contributed by atoms with Gasteiger partial charge in [0.05, 0.1) is 0 Å². The molecule has 0 bridgehead atoms. The first-order valence-corrected chi connectivity index (χ1v) is 5.06. The highest BCUT2D eigenvalue weighted by Gasteiger charge is 2.37. The molecule has 0 saturated heterocycles. The molecule has 1 unspecified atom stereocenters. The van der Waals surface area contributed by atoms with Crippen LogP contribution < -0.4 is 5.73 Å². The summed E-state index contributed by atoms with van der Waals surface area (Å²) in [6.07, 6.45) is -5.54. The first-order chi connectivity index (χ1) is 7.77. The molecule has 0 spiro atoms. The summed E-state index contributed by atoms with van der Waals surface area (Å²) in [4.78, 5) is 16.9. The van der Waals surface area contributed by atoms with E-state index in [1.807, 2.05) is 0 Å². The Balaban J connectivity index is 3.23. The van der Waals surface area contributed by atoms with Crippen molar-refractivity contribution in [2.75, 3.05) is 5.73 Å². The molecule has 0 fully saturated rings. The van der Waals surface area contributed by atoms with Crippen LogP contribution in [0.1, 0.15) is 24.4 Å². The lowest BCUT2D eigenvalue weighted by Crippen LogP contribution is -2.16. The number of nitrogen functional groups attached to an aromatic ring is 1. The van der Waals surface area contributed by atoms with Gasteiger partial charge in [-0.3, -0.25) is 4.79 Å². The number of anilines is 1. The largest absolute Gasteiger partial charge is 0.458 e. The number of ether oxygens (including phenoxy) is 1. The molecule has 0 radical (unpaired) electrons. The second-order valence-corrected chi connectivity index (χ2v) is 3.76. The third-order valence-corrected chi connectivity index (χ3v) is 2.37. The molecule has 0 saturated carbocycles. The smallest absolute Gasteiger partial charge is 0.436 e. The average molecular weight is 314 g/mol. The van der Waals surface area contributed by atoms with Gasteiger partial charge in [-0.15, -0.1) is 0 Å². The van der Waals surface area contributed by atoms with Gasteiger partial charge in [0.1, 0.15) is 22.2 Å². The summed E-state index contributed by atoms with van der Waals surface area (Å²) >= 11 is 2.64. The third kappa shape index (κ3) is 3.05. The molecule has 0 aliphatic carbocycles. The van der Waals surface area contributed by atoms with Crippen molar-refractivity contribution in [2.24, 2.45) is 0 Å². The lowest BCUT2D eigenvalue weighted by atomic mass is 10.2. The minimum absolute atomic E-state index is 0.0445. The summed E-state index contributed by atoms with van der Waals surface area (Å²) in [5, 5.41) is 0. The van der Waals surface area contributed by atoms with Crippen LogP contribution >= 0.6 is 15.9 Å². The van der Waals surface area contributed by atoms with Crippen molar-refractivity contribution in [3.63, 3.8) is 0 Å². The highest BCUT2D eigenvalue weighted by Crippen LogP contribution is 2.34. The number of hydrogen-bond acceptors (Lipinski definition) is 5. The van der Waals surface area contributed by atoms with Gasteiger partial charge >= 0.3 is 6.18 Å². The molecule has 1 heterocycles. The quantitative estimate of drug-likeness (QED) is 0.864. The van der Waals surface area contributed by atoms with Crippen LogP contribution in [0.2, 0.25) is 0 Å². The maximum Gasteiger partial charge on any atom is 0.436 e. The van der Waals surface area contributed by atoms with Crippen molar-refractivity contribution in [3.05, 3.63) is 16.0 Å². The van der Waals surface area contributed by atoms with E-state index in [0.717, 1.165) is 0 Å².